The zero-order chi connectivity index (χ0) is 43.2. The molecule has 0 aromatic heterocycles. The van der Waals surface area contributed by atoms with Crippen molar-refractivity contribution in [3.63, 3.8) is 0 Å². The molecule has 19 nitrogen and oxygen atoms in total. The minimum atomic E-state index is -1.85. The van der Waals surface area contributed by atoms with Gasteiger partial charge in [-0.2, -0.15) is 0 Å². The average molecular weight is 859 g/mol. The molecular weight excluding hydrogens is 784 g/mol. The van der Waals surface area contributed by atoms with Crippen molar-refractivity contribution in [3.8, 4) is 0 Å². The van der Waals surface area contributed by atoms with E-state index < -0.39 is 136 Å². The molecule has 4 aliphatic rings. The van der Waals surface area contributed by atoms with E-state index in [-0.39, 0.29) is 6.61 Å². The van der Waals surface area contributed by atoms with Crippen LogP contribution < -0.4 is 0 Å². The van der Waals surface area contributed by atoms with E-state index in [1.165, 1.54) is 78.1 Å². The fraction of sp³-hybridized carbons (Fsp3) is 1.00. The van der Waals surface area contributed by atoms with Crippen LogP contribution in [0.3, 0.4) is 0 Å². The Hall–Kier alpha value is -0.760. The SMILES string of the molecule is CCCCCCCCCCCCCCCCO[C@@H]1O[C@H](CO[C@@H]2O[C@@H](C)[C@H](O)[C@@H](O[C@@H]3O[C@H](CO)[C@@H](O)[C@H](O)[C@H]3O[C@@H]3O[C@@H](C)[C@H](O)[C@@H](O)[C@H]3O)[C@H]2O)[C@@H](O)[C@H](O)[C@H]1O. The summed E-state index contributed by atoms with van der Waals surface area (Å²) in [5.41, 5.74) is 0. The average Bonchev–Trinajstić information content (AvgIpc) is 3.22. The zero-order valence-corrected chi connectivity index (χ0v) is 34.8. The standard InChI is InChI=1S/C40H74O19/c1-4-5-6-7-8-9-10-11-12-13-14-15-16-17-18-52-37-32(49)30(47)28(45)24(57-37)20-53-38-34(51)35(26(43)22(3)54-38)58-40-36(31(48)27(44)23(19-41)56-40)59-39-33(50)29(46)25(42)21(2)55-39/h21-51H,4-20H2,1-3H3/t21-,22-,23+,24+,25-,26-,27+,28+,29+,30-,31-,32+,33+,34+,35+,36+,37+,38+,39-,40-/m0/s1. The molecule has 4 fully saturated rings. The Morgan fingerprint density at radius 3 is 1.44 bits per heavy atom. The third kappa shape index (κ3) is 14.1. The molecule has 0 aromatic carbocycles. The highest BCUT2D eigenvalue weighted by atomic mass is 16.8. The molecule has 4 aliphatic heterocycles. The molecule has 4 rings (SSSR count). The molecule has 348 valence electrons. The molecule has 0 radical (unpaired) electrons. The molecule has 0 amide bonds. The number of rotatable bonds is 24. The van der Waals surface area contributed by atoms with E-state index in [2.05, 4.69) is 6.92 Å². The van der Waals surface area contributed by atoms with Gasteiger partial charge >= 0.3 is 0 Å². The monoisotopic (exact) mass is 858 g/mol. The molecule has 0 bridgehead atoms. The second-order valence-corrected chi connectivity index (χ2v) is 16.6. The summed E-state index contributed by atoms with van der Waals surface area (Å²) in [6.07, 6.45) is -14.3. The summed E-state index contributed by atoms with van der Waals surface area (Å²) in [4.78, 5) is 0. The van der Waals surface area contributed by atoms with Gasteiger partial charge in [0, 0.05) is 6.61 Å². The van der Waals surface area contributed by atoms with Crippen LogP contribution in [0.5, 0.6) is 0 Å². The van der Waals surface area contributed by atoms with Crippen molar-refractivity contribution in [1.82, 2.24) is 0 Å². The summed E-state index contributed by atoms with van der Waals surface area (Å²) >= 11 is 0. The Morgan fingerprint density at radius 2 is 0.847 bits per heavy atom. The van der Waals surface area contributed by atoms with Crippen molar-refractivity contribution in [2.75, 3.05) is 19.8 Å². The number of aliphatic hydroxyl groups excluding tert-OH is 11. The van der Waals surface area contributed by atoms with E-state index in [1.807, 2.05) is 0 Å². The van der Waals surface area contributed by atoms with Crippen LogP contribution in [-0.2, 0) is 37.9 Å². The lowest BCUT2D eigenvalue weighted by atomic mass is 9.96. The van der Waals surface area contributed by atoms with Crippen molar-refractivity contribution in [1.29, 1.82) is 0 Å². The fourth-order valence-electron chi connectivity index (χ4n) is 7.92. The topological polar surface area (TPSA) is 296 Å². The van der Waals surface area contributed by atoms with Crippen LogP contribution in [0.15, 0.2) is 0 Å². The third-order valence-electron chi connectivity index (χ3n) is 11.9. The quantitative estimate of drug-likeness (QED) is 0.0509. The van der Waals surface area contributed by atoms with Crippen LogP contribution >= 0.6 is 0 Å². The number of unbranched alkanes of at least 4 members (excludes halogenated alkanes) is 13. The van der Waals surface area contributed by atoms with Gasteiger partial charge in [-0.1, -0.05) is 90.4 Å². The first-order valence-corrected chi connectivity index (χ1v) is 21.8. The molecule has 0 aliphatic carbocycles. The molecule has 20 atom stereocenters. The molecule has 0 aromatic rings. The first kappa shape index (κ1) is 50.9. The van der Waals surface area contributed by atoms with Crippen molar-refractivity contribution in [3.05, 3.63) is 0 Å². The highest BCUT2D eigenvalue weighted by molar-refractivity contribution is 4.96. The maximum Gasteiger partial charge on any atom is 0.187 e. The molecule has 0 spiro atoms. The Balaban J connectivity index is 1.26. The largest absolute Gasteiger partial charge is 0.394 e. The number of ether oxygens (including phenoxy) is 8. The minimum Gasteiger partial charge on any atom is -0.394 e. The van der Waals surface area contributed by atoms with E-state index in [4.69, 9.17) is 37.9 Å². The van der Waals surface area contributed by atoms with Crippen LogP contribution in [0.25, 0.3) is 0 Å². The van der Waals surface area contributed by atoms with Gasteiger partial charge in [0.2, 0.25) is 0 Å². The maximum absolute atomic E-state index is 11.3. The maximum atomic E-state index is 11.3. The molecule has 0 unspecified atom stereocenters. The van der Waals surface area contributed by atoms with Crippen molar-refractivity contribution < 1.29 is 94.1 Å². The normalized spacial score (nSPS) is 43.2. The summed E-state index contributed by atoms with van der Waals surface area (Å²) in [6.45, 7) is 4.06. The zero-order valence-electron chi connectivity index (χ0n) is 34.8. The predicted molar refractivity (Wildman–Crippen MR) is 205 cm³/mol. The molecule has 11 N–H and O–H groups in total. The van der Waals surface area contributed by atoms with E-state index in [0.717, 1.165) is 19.3 Å². The van der Waals surface area contributed by atoms with Crippen molar-refractivity contribution >= 4 is 0 Å². The summed E-state index contributed by atoms with van der Waals surface area (Å²) in [7, 11) is 0. The Kier molecular flexibility index (Phi) is 22.0. The smallest absolute Gasteiger partial charge is 0.187 e. The first-order chi connectivity index (χ1) is 28.2. The minimum absolute atomic E-state index is 0.249. The molecule has 0 saturated carbocycles. The highest BCUT2D eigenvalue weighted by Crippen LogP contribution is 2.34. The number of aliphatic hydroxyl groups is 11. The van der Waals surface area contributed by atoms with Crippen molar-refractivity contribution in [2.45, 2.75) is 233 Å². The molecule has 19 heteroatoms. The summed E-state index contributed by atoms with van der Waals surface area (Å²) < 4.78 is 45.8. The summed E-state index contributed by atoms with van der Waals surface area (Å²) in [5.74, 6) is 0. The van der Waals surface area contributed by atoms with Crippen molar-refractivity contribution in [2.24, 2.45) is 0 Å². The van der Waals surface area contributed by atoms with Crippen LogP contribution in [0, 0.1) is 0 Å². The fourth-order valence-corrected chi connectivity index (χ4v) is 7.92. The predicted octanol–water partition coefficient (Wildman–Crippen LogP) is -1.19. The highest BCUT2D eigenvalue weighted by Gasteiger charge is 2.54. The van der Waals surface area contributed by atoms with Gasteiger partial charge < -0.3 is 94.1 Å². The van der Waals surface area contributed by atoms with Gasteiger partial charge in [0.05, 0.1) is 25.4 Å². The van der Waals surface area contributed by atoms with Gasteiger partial charge in [-0.15, -0.1) is 0 Å². The first-order valence-electron chi connectivity index (χ1n) is 21.8. The molecule has 4 saturated heterocycles. The van der Waals surface area contributed by atoms with Gasteiger partial charge in [0.15, 0.2) is 25.2 Å². The van der Waals surface area contributed by atoms with E-state index in [1.54, 1.807) is 0 Å². The van der Waals surface area contributed by atoms with E-state index in [9.17, 15) is 56.2 Å². The van der Waals surface area contributed by atoms with Gasteiger partial charge in [0.1, 0.15) is 85.5 Å². The Labute approximate surface area is 347 Å². The number of hydrogen-bond acceptors (Lipinski definition) is 19. The van der Waals surface area contributed by atoms with E-state index >= 15 is 0 Å². The Morgan fingerprint density at radius 1 is 0.390 bits per heavy atom. The Bertz CT molecular complexity index is 1140. The summed E-state index contributed by atoms with van der Waals surface area (Å²) in [5, 5.41) is 117. The summed E-state index contributed by atoms with van der Waals surface area (Å²) in [6, 6.07) is 0. The molecule has 59 heavy (non-hydrogen) atoms. The van der Waals surface area contributed by atoms with Crippen LogP contribution in [-0.4, -0.2) is 199 Å². The van der Waals surface area contributed by atoms with Gasteiger partial charge in [-0.05, 0) is 20.3 Å². The van der Waals surface area contributed by atoms with Crippen LogP contribution in [0.1, 0.15) is 111 Å². The van der Waals surface area contributed by atoms with E-state index in [0.29, 0.717) is 6.42 Å². The number of hydrogen-bond donors (Lipinski definition) is 11. The third-order valence-corrected chi connectivity index (χ3v) is 11.9. The molecular formula is C40H74O19. The second kappa shape index (κ2) is 25.5. The van der Waals surface area contributed by atoms with Gasteiger partial charge in [-0.25, -0.2) is 0 Å². The lowest BCUT2D eigenvalue weighted by molar-refractivity contribution is -0.388. The van der Waals surface area contributed by atoms with Crippen LogP contribution in [0.4, 0.5) is 0 Å². The molecule has 4 heterocycles. The lowest BCUT2D eigenvalue weighted by Crippen LogP contribution is -2.66. The van der Waals surface area contributed by atoms with Crippen LogP contribution in [0.2, 0.25) is 0 Å². The van der Waals surface area contributed by atoms with Gasteiger partial charge in [-0.3, -0.25) is 0 Å². The lowest BCUT2D eigenvalue weighted by Gasteiger charge is -2.48. The van der Waals surface area contributed by atoms with Gasteiger partial charge in [0.25, 0.3) is 0 Å². The second-order valence-electron chi connectivity index (χ2n) is 16.6.